The molecule has 0 saturated heterocycles. The Morgan fingerprint density at radius 3 is 2.76 bits per heavy atom. The van der Waals surface area contributed by atoms with E-state index in [-0.39, 0.29) is 11.9 Å². The summed E-state index contributed by atoms with van der Waals surface area (Å²) in [4.78, 5) is 2.77. The van der Waals surface area contributed by atoms with E-state index in [4.69, 9.17) is 5.73 Å². The number of anilines is 1. The van der Waals surface area contributed by atoms with Crippen molar-refractivity contribution in [3.8, 4) is 0 Å². The Morgan fingerprint density at radius 2 is 2.14 bits per heavy atom. The number of halogens is 1. The second-order valence-electron chi connectivity index (χ2n) is 4.94. The maximum Gasteiger partial charge on any atom is 0.208 e. The van der Waals surface area contributed by atoms with Gasteiger partial charge in [0, 0.05) is 30.6 Å². The van der Waals surface area contributed by atoms with Crippen LogP contribution in [-0.2, 0) is 6.42 Å². The van der Waals surface area contributed by atoms with Crippen LogP contribution in [0.2, 0.25) is 0 Å². The van der Waals surface area contributed by atoms with Gasteiger partial charge in [0.25, 0.3) is 0 Å². The zero-order valence-corrected chi connectivity index (χ0v) is 14.0. The minimum Gasteiger partial charge on any atom is -0.353 e. The van der Waals surface area contributed by atoms with E-state index in [1.807, 2.05) is 32.0 Å². The van der Waals surface area contributed by atoms with Gasteiger partial charge in [-0.15, -0.1) is 10.2 Å². The van der Waals surface area contributed by atoms with Crippen molar-refractivity contribution < 1.29 is 4.39 Å². The molecule has 0 radical (unpaired) electrons. The SMILES string of the molecule is CCC(N)Cc1c(F)cccc1Sc1nnc(N(C)C)s1. The number of nitrogens with zero attached hydrogens (tertiary/aromatic N) is 3. The lowest BCUT2D eigenvalue weighted by Crippen LogP contribution is -2.22. The van der Waals surface area contributed by atoms with Crippen molar-refractivity contribution in [2.24, 2.45) is 5.73 Å². The van der Waals surface area contributed by atoms with Gasteiger partial charge in [0.15, 0.2) is 4.34 Å². The number of rotatable bonds is 6. The summed E-state index contributed by atoms with van der Waals surface area (Å²) in [5.74, 6) is -0.207. The van der Waals surface area contributed by atoms with Crippen molar-refractivity contribution in [2.75, 3.05) is 19.0 Å². The lowest BCUT2D eigenvalue weighted by molar-refractivity contribution is 0.571. The molecule has 0 aliphatic heterocycles. The Morgan fingerprint density at radius 1 is 1.38 bits per heavy atom. The van der Waals surface area contributed by atoms with E-state index in [2.05, 4.69) is 10.2 Å². The number of hydrogen-bond donors (Lipinski definition) is 1. The fourth-order valence-corrected chi connectivity index (χ4v) is 3.64. The average molecular weight is 326 g/mol. The van der Waals surface area contributed by atoms with Gasteiger partial charge in [0.05, 0.1) is 0 Å². The highest BCUT2D eigenvalue weighted by molar-refractivity contribution is 8.01. The van der Waals surface area contributed by atoms with Crippen LogP contribution in [0, 0.1) is 5.82 Å². The fourth-order valence-electron chi connectivity index (χ4n) is 1.76. The Bertz CT molecular complexity index is 600. The van der Waals surface area contributed by atoms with Crippen molar-refractivity contribution in [3.05, 3.63) is 29.6 Å². The molecule has 4 nitrogen and oxygen atoms in total. The molecule has 1 aromatic carbocycles. The van der Waals surface area contributed by atoms with Gasteiger partial charge in [0.1, 0.15) is 5.82 Å². The lowest BCUT2D eigenvalue weighted by Gasteiger charge is -2.13. The molecule has 0 spiro atoms. The van der Waals surface area contributed by atoms with Gasteiger partial charge in [0.2, 0.25) is 5.13 Å². The van der Waals surface area contributed by atoms with E-state index >= 15 is 0 Å². The number of aromatic nitrogens is 2. The zero-order valence-electron chi connectivity index (χ0n) is 12.3. The molecule has 7 heteroatoms. The zero-order chi connectivity index (χ0) is 15.4. The van der Waals surface area contributed by atoms with Crippen LogP contribution in [0.25, 0.3) is 0 Å². The molecule has 0 bridgehead atoms. The van der Waals surface area contributed by atoms with Gasteiger partial charge in [-0.2, -0.15) is 0 Å². The summed E-state index contributed by atoms with van der Waals surface area (Å²) in [5.41, 5.74) is 6.64. The Hall–Kier alpha value is -1.18. The van der Waals surface area contributed by atoms with Crippen LogP contribution in [0.1, 0.15) is 18.9 Å². The van der Waals surface area contributed by atoms with Crippen LogP contribution in [0.15, 0.2) is 27.4 Å². The molecule has 0 amide bonds. The molecule has 0 aliphatic rings. The highest BCUT2D eigenvalue weighted by Gasteiger charge is 2.15. The Kier molecular flexibility index (Phi) is 5.55. The van der Waals surface area contributed by atoms with E-state index in [1.54, 1.807) is 6.07 Å². The monoisotopic (exact) mass is 326 g/mol. The summed E-state index contributed by atoms with van der Waals surface area (Å²) in [6.07, 6.45) is 1.35. The minimum atomic E-state index is -0.207. The standard InChI is InChI=1S/C14H19FN4S2/c1-4-9(16)8-10-11(15)6-5-7-12(10)20-14-18-17-13(21-14)19(2)3/h5-7,9H,4,8,16H2,1-3H3. The summed E-state index contributed by atoms with van der Waals surface area (Å²) in [6.45, 7) is 2.01. The Balaban J connectivity index is 2.24. The summed E-state index contributed by atoms with van der Waals surface area (Å²) in [5, 5.41) is 9.07. The molecule has 0 saturated carbocycles. The van der Waals surface area contributed by atoms with Crippen LogP contribution in [0.5, 0.6) is 0 Å². The highest BCUT2D eigenvalue weighted by atomic mass is 32.2. The van der Waals surface area contributed by atoms with Crippen LogP contribution >= 0.6 is 23.1 Å². The maximum absolute atomic E-state index is 14.1. The fraction of sp³-hybridized carbons (Fsp3) is 0.429. The van der Waals surface area contributed by atoms with Crippen molar-refractivity contribution in [3.63, 3.8) is 0 Å². The molecule has 114 valence electrons. The molecule has 2 N–H and O–H groups in total. The second-order valence-corrected chi connectivity index (χ2v) is 7.18. The van der Waals surface area contributed by atoms with Crippen molar-refractivity contribution >= 4 is 28.2 Å². The minimum absolute atomic E-state index is 0.0343. The summed E-state index contributed by atoms with van der Waals surface area (Å²) >= 11 is 2.93. The quantitative estimate of drug-likeness (QED) is 0.883. The molecule has 2 rings (SSSR count). The highest BCUT2D eigenvalue weighted by Crippen LogP contribution is 2.35. The van der Waals surface area contributed by atoms with Crippen molar-refractivity contribution in [1.82, 2.24) is 10.2 Å². The third kappa shape index (κ3) is 4.15. The van der Waals surface area contributed by atoms with E-state index in [9.17, 15) is 4.39 Å². The van der Waals surface area contributed by atoms with E-state index in [1.165, 1.54) is 29.2 Å². The molecule has 1 heterocycles. The average Bonchev–Trinajstić information content (AvgIpc) is 2.91. The molecule has 2 aromatic rings. The van der Waals surface area contributed by atoms with E-state index in [0.29, 0.717) is 12.0 Å². The topological polar surface area (TPSA) is 55.0 Å². The molecular formula is C14H19FN4S2. The third-order valence-corrected chi connectivity index (χ3v) is 5.29. The predicted molar refractivity (Wildman–Crippen MR) is 86.7 cm³/mol. The Labute approximate surface area is 132 Å². The normalized spacial score (nSPS) is 12.4. The van der Waals surface area contributed by atoms with Crippen LogP contribution in [0.4, 0.5) is 9.52 Å². The van der Waals surface area contributed by atoms with Crippen molar-refractivity contribution in [1.29, 1.82) is 0 Å². The van der Waals surface area contributed by atoms with Gasteiger partial charge >= 0.3 is 0 Å². The van der Waals surface area contributed by atoms with Gasteiger partial charge in [-0.05, 0) is 25.0 Å². The predicted octanol–water partition coefficient (Wildman–Crippen LogP) is 3.17. The largest absolute Gasteiger partial charge is 0.353 e. The molecule has 1 aromatic heterocycles. The first-order valence-corrected chi connectivity index (χ1v) is 8.36. The number of hydrogen-bond acceptors (Lipinski definition) is 6. The molecule has 1 atom stereocenters. The van der Waals surface area contributed by atoms with Crippen LogP contribution in [-0.4, -0.2) is 30.3 Å². The molecular weight excluding hydrogens is 307 g/mol. The van der Waals surface area contributed by atoms with Crippen LogP contribution in [0.3, 0.4) is 0 Å². The molecule has 21 heavy (non-hydrogen) atoms. The summed E-state index contributed by atoms with van der Waals surface area (Å²) in [7, 11) is 3.84. The van der Waals surface area contributed by atoms with Crippen molar-refractivity contribution in [2.45, 2.75) is 35.0 Å². The summed E-state index contributed by atoms with van der Waals surface area (Å²) in [6, 6.07) is 5.06. The smallest absolute Gasteiger partial charge is 0.208 e. The lowest BCUT2D eigenvalue weighted by atomic mass is 10.0. The van der Waals surface area contributed by atoms with Gasteiger partial charge in [-0.25, -0.2) is 4.39 Å². The number of benzene rings is 1. The first-order valence-electron chi connectivity index (χ1n) is 6.73. The second kappa shape index (κ2) is 7.20. The van der Waals surface area contributed by atoms with Gasteiger partial charge < -0.3 is 10.6 Å². The molecule has 0 aliphatic carbocycles. The van der Waals surface area contributed by atoms with E-state index in [0.717, 1.165) is 20.8 Å². The van der Waals surface area contributed by atoms with Gasteiger partial charge in [-0.3, -0.25) is 0 Å². The summed E-state index contributed by atoms with van der Waals surface area (Å²) < 4.78 is 14.9. The van der Waals surface area contributed by atoms with E-state index < -0.39 is 0 Å². The maximum atomic E-state index is 14.1. The first-order chi connectivity index (χ1) is 10.0. The van der Waals surface area contributed by atoms with Gasteiger partial charge in [-0.1, -0.05) is 36.1 Å². The molecule has 0 fully saturated rings. The molecule has 1 unspecified atom stereocenters. The number of nitrogens with two attached hydrogens (primary N) is 1. The first kappa shape index (κ1) is 16.2. The van der Waals surface area contributed by atoms with Crippen LogP contribution < -0.4 is 10.6 Å². The third-order valence-electron chi connectivity index (χ3n) is 3.04.